The minimum Gasteiger partial charge on any atom is -0.393 e. The van der Waals surface area contributed by atoms with E-state index in [1.54, 1.807) is 24.3 Å². The van der Waals surface area contributed by atoms with E-state index in [1.807, 2.05) is 60.7 Å². The van der Waals surface area contributed by atoms with E-state index in [9.17, 15) is 41.7 Å². The van der Waals surface area contributed by atoms with Crippen LogP contribution in [0, 0.1) is 142 Å². The van der Waals surface area contributed by atoms with Gasteiger partial charge in [0.25, 0.3) is 10.0 Å². The molecule has 0 unspecified atom stereocenters. The summed E-state index contributed by atoms with van der Waals surface area (Å²) in [6.45, 7) is 22.4. The summed E-state index contributed by atoms with van der Waals surface area (Å²) in [4.78, 5) is 29.1. The maximum atomic E-state index is 13.0. The number of aliphatic imine (C=N–C) groups is 1. The van der Waals surface area contributed by atoms with Crippen LogP contribution in [0.3, 0.4) is 0 Å². The number of carbonyl (C=O) groups excluding carboxylic acids is 2. The molecular formula is C71H103BN4O9S4U. The van der Waals surface area contributed by atoms with Crippen molar-refractivity contribution >= 4 is 63.2 Å². The number of amides is 2. The molecule has 4 aromatic rings. The molecule has 13 nitrogen and oxygen atoms in total. The van der Waals surface area contributed by atoms with Crippen LogP contribution in [0.25, 0.3) is 20.9 Å². The number of hydrogen-bond donors (Lipinski definition) is 6. The summed E-state index contributed by atoms with van der Waals surface area (Å²) >= 11 is 2.33. The molecule has 2 radical (unpaired) electrons. The van der Waals surface area contributed by atoms with Crippen molar-refractivity contribution < 1.29 is 72.9 Å². The largest absolute Gasteiger partial charge is 0.393 e. The number of aliphatic hydroxyl groups is 3. The maximum Gasteiger partial charge on any atom is 0.328 e. The molecule has 19 heteroatoms. The van der Waals surface area contributed by atoms with Gasteiger partial charge in [-0.05, 0) is 231 Å². The molecule has 0 bridgehead atoms. The van der Waals surface area contributed by atoms with Crippen molar-refractivity contribution in [1.29, 1.82) is 1.34 Å². The molecule has 492 valence electrons. The second-order valence-electron chi connectivity index (χ2n) is 29.9. The van der Waals surface area contributed by atoms with E-state index in [1.165, 1.54) is 62.3 Å². The fourth-order valence-corrected chi connectivity index (χ4v) is 25.4. The average Bonchev–Trinajstić information content (AvgIpc) is 1.70. The topological polar surface area (TPSA) is 226 Å². The quantitative estimate of drug-likeness (QED) is 0.0425. The molecule has 0 spiro atoms. The number of nitrogens with one attached hydrogen (secondary N) is 2. The van der Waals surface area contributed by atoms with Crippen LogP contribution < -0.4 is 15.2 Å². The summed E-state index contributed by atoms with van der Waals surface area (Å²) in [5.41, 5.74) is 2.90. The van der Waals surface area contributed by atoms with E-state index >= 15 is 0 Å². The number of primary sulfonamides is 1. The number of urea groups is 1. The second kappa shape index (κ2) is 29.4. The first-order valence-electron chi connectivity index (χ1n) is 34.0. The van der Waals surface area contributed by atoms with E-state index < -0.39 is 26.1 Å². The Kier molecular flexibility index (Phi) is 23.4. The number of rotatable bonds is 13. The molecule has 90 heavy (non-hydrogen) atoms. The first-order valence-corrected chi connectivity index (χ1v) is 38.1. The van der Waals surface area contributed by atoms with Gasteiger partial charge in [0, 0.05) is 55.8 Å². The summed E-state index contributed by atoms with van der Waals surface area (Å²) in [5.74, 6) is 7.23. The minimum absolute atomic E-state index is 0. The number of fused-ring (bicyclic) bond motifs is 10. The zero-order valence-electron chi connectivity index (χ0n) is 55.7. The predicted molar refractivity (Wildman–Crippen MR) is 360 cm³/mol. The van der Waals surface area contributed by atoms with Crippen LogP contribution in [0.1, 0.15) is 165 Å². The van der Waals surface area contributed by atoms with E-state index in [2.05, 4.69) is 85.7 Å². The summed E-state index contributed by atoms with van der Waals surface area (Å²) in [7, 11) is -3.80. The summed E-state index contributed by atoms with van der Waals surface area (Å²) in [5, 5.41) is 42.1. The van der Waals surface area contributed by atoms with Crippen LogP contribution in [0.2, 0.25) is 0 Å². The van der Waals surface area contributed by atoms with Crippen molar-refractivity contribution in [3.8, 4) is 20.9 Å². The van der Waals surface area contributed by atoms with Gasteiger partial charge in [0.15, 0.2) is 0 Å². The van der Waals surface area contributed by atoms with E-state index in [0.717, 1.165) is 95.9 Å². The van der Waals surface area contributed by atoms with Gasteiger partial charge in [-0.1, -0.05) is 142 Å². The zero-order valence-corrected chi connectivity index (χ0v) is 62.2. The summed E-state index contributed by atoms with van der Waals surface area (Å²) in [6.07, 6.45) is 19.3. The molecule has 22 atom stereocenters. The Bertz CT molecular complexity index is 3340. The number of benzene rings is 2. The molecule has 8 saturated carbocycles. The second-order valence-corrected chi connectivity index (χ2v) is 35.8. The Morgan fingerprint density at radius 1 is 0.644 bits per heavy atom. The Hall–Kier alpha value is -2.65. The van der Waals surface area contributed by atoms with Gasteiger partial charge in [-0.2, -0.15) is 0 Å². The van der Waals surface area contributed by atoms with E-state index in [0.29, 0.717) is 89.0 Å². The third-order valence-corrected chi connectivity index (χ3v) is 31.2. The van der Waals surface area contributed by atoms with Gasteiger partial charge in [-0.25, -0.2) is 41.3 Å². The van der Waals surface area contributed by atoms with Crippen molar-refractivity contribution in [2.45, 2.75) is 192 Å². The smallest absolute Gasteiger partial charge is 0.328 e. The van der Waals surface area contributed by atoms with Crippen LogP contribution in [0.15, 0.2) is 98.3 Å². The van der Waals surface area contributed by atoms with Crippen LogP contribution in [0.4, 0.5) is 4.79 Å². The van der Waals surface area contributed by atoms with Crippen molar-refractivity contribution in [3.05, 3.63) is 84.9 Å². The average molecular weight is 1530 g/mol. The van der Waals surface area contributed by atoms with Gasteiger partial charge in [0.2, 0.25) is 16.1 Å². The molecule has 8 aliphatic rings. The third kappa shape index (κ3) is 14.1. The molecule has 7 N–H and O–H groups in total. The van der Waals surface area contributed by atoms with E-state index in [4.69, 9.17) is 6.47 Å². The first-order chi connectivity index (χ1) is 42.7. The number of sulfonamides is 2. The summed E-state index contributed by atoms with van der Waals surface area (Å²) in [6, 6.07) is 25.1. The Morgan fingerprint density at radius 2 is 1.09 bits per heavy atom. The first kappa shape index (κ1) is 71.6. The molecule has 2 amide bonds. The Balaban J connectivity index is 0.000000194. The molecule has 0 aliphatic heterocycles. The van der Waals surface area contributed by atoms with Gasteiger partial charge in [-0.15, -0.1) is 22.7 Å². The molecule has 0 saturated heterocycles. The van der Waals surface area contributed by atoms with Crippen LogP contribution in [-0.4, -0.2) is 85.4 Å². The minimum atomic E-state index is -3.98. The van der Waals surface area contributed by atoms with Crippen molar-refractivity contribution in [1.82, 2.24) is 10.0 Å². The fraction of sp³-hybridized carbons (Fsp3) is 0.690. The third-order valence-electron chi connectivity index (χ3n) is 25.7. The summed E-state index contributed by atoms with van der Waals surface area (Å²) < 4.78 is 55.9. The molecule has 2 heterocycles. The number of carbonyl (C=O) groups is 1. The van der Waals surface area contributed by atoms with Gasteiger partial charge < -0.3 is 20.6 Å². The van der Waals surface area contributed by atoms with Crippen molar-refractivity contribution in [2.75, 3.05) is 13.1 Å². The normalized spacial score (nSPS) is 38.0. The number of aliphatic hydroxyl groups excluding tert-OH is 3. The zero-order chi connectivity index (χ0) is 65.3. The number of isocyanates is 1. The van der Waals surface area contributed by atoms with Gasteiger partial charge in [0.05, 0.1) is 24.9 Å². The number of hydrogen-bond acceptors (Lipinski definition) is 12. The fourth-order valence-electron chi connectivity index (χ4n) is 21.5. The van der Waals surface area contributed by atoms with Crippen LogP contribution >= 0.6 is 22.7 Å². The molecule has 2 aromatic heterocycles. The van der Waals surface area contributed by atoms with Crippen LogP contribution in [-0.2, 0) is 24.8 Å². The monoisotopic (exact) mass is 1530 g/mol. The molecule has 12 rings (SSSR count). The standard InChI is InChI=1S/C35H50N2O5S2.C26H43NO2.C10H9NO2S2.BH.U/c1-5-24-28-19-23(38)15-17-35(28,4)27-16-18-34(3)25(11-12-26(34)31(27)32(24)39)21(2)20-36-33(40)37-44(41,42)30-14-13-29(43-30)22-9-7-6-8-10-22;1-6-18-22-13-16(2)9-11-26(22,5)21-10-12-25(4)19(17(3)14-27-15-28)7-8-20(25)23(21)24(18)29;11-15(12,13)10-7-6-9(14-10)8-4-2-1-3-5-8;;/h6-10,13-14,21,23-28,31-32,38-39H,5,11-12,15-20H2,1-4H3,(H2,36,37,40);16-24,29H,6-14H2,1-5H3;1-7H,(H2,11,12,13);1H;/t21-,23-,24-,25-,26+,27+,28+,31+,32-,34-,35-;16-,17-,18-,19-,20+,21+,22+,23+,24-,25-,26-;;;/m11.../s1/i;;;1D;. The van der Waals surface area contributed by atoms with Gasteiger partial charge in [0.1, 0.15) is 8.42 Å². The van der Waals surface area contributed by atoms with Crippen LogP contribution in [0.5, 0.6) is 0 Å². The number of thiophene rings is 2. The van der Waals surface area contributed by atoms with Crippen molar-refractivity contribution in [2.24, 2.45) is 121 Å². The molecular weight excluding hydrogens is 1430 g/mol. The molecule has 8 aliphatic carbocycles. The Morgan fingerprint density at radius 3 is 1.57 bits per heavy atom. The molecule has 8 fully saturated rings. The van der Waals surface area contributed by atoms with Crippen molar-refractivity contribution in [3.63, 3.8) is 0 Å². The number of nitrogens with zero attached hydrogens (tertiary/aromatic N) is 1. The maximum absolute atomic E-state index is 13.0. The molecule has 2 aromatic carbocycles. The van der Waals surface area contributed by atoms with Gasteiger partial charge in [-0.3, -0.25) is 0 Å². The van der Waals surface area contributed by atoms with E-state index in [-0.39, 0.29) is 86.4 Å². The number of nitrogens with two attached hydrogens (primary N) is 1. The Labute approximate surface area is 574 Å². The SMILES string of the molecule is CC[C@H]1[C@@H](O)[C@@H]2[C@H](CC[C@]3(C)[C@@H]([C@H](C)CN=C=O)CC[C@@H]23)[C@@]2(C)CC[C@@H](C)C[C@@H]12.CC[C@H]1[C@@H](O)[C@@H]2[C@H](CC[C@]3(C)[C@@H]([C@H](C)CNC(=O)NS(=O)(=O)c4ccc(-c5ccccc5)s4)CC[C@@H]23)[C@@]2(C)CC[C@@H](O)C[C@@H]12.NS(=O)(=O)c1ccc(-c2ccccc2)s1.[2H][B].[U]. The van der Waals surface area contributed by atoms with Gasteiger partial charge >= 0.3 is 6.03 Å². The predicted octanol–water partition coefficient (Wildman–Crippen LogP) is 13.9.